The van der Waals surface area contributed by atoms with Crippen LogP contribution in [0.5, 0.6) is 0 Å². The Labute approximate surface area is 230 Å². The monoisotopic (exact) mass is 567 g/mol. The Morgan fingerprint density at radius 3 is 2.55 bits per heavy atom. The van der Waals surface area contributed by atoms with Crippen LogP contribution in [0.25, 0.3) is 0 Å². The fraction of sp³-hybridized carbons (Fsp3) is 0.643. The van der Waals surface area contributed by atoms with E-state index in [4.69, 9.17) is 11.6 Å². The van der Waals surface area contributed by atoms with E-state index in [1.165, 1.54) is 6.08 Å². The first kappa shape index (κ1) is 29.0. The molecule has 2 saturated heterocycles. The number of hydrogen-bond acceptors (Lipinski definition) is 5. The van der Waals surface area contributed by atoms with Crippen LogP contribution in [0, 0.1) is 11.3 Å². The van der Waals surface area contributed by atoms with E-state index in [9.17, 15) is 22.4 Å². The molecule has 4 atom stereocenters. The summed E-state index contributed by atoms with van der Waals surface area (Å²) in [6.07, 6.45) is 5.55. The molecule has 0 bridgehead atoms. The lowest BCUT2D eigenvalue weighted by atomic mass is 9.81. The first-order valence-corrected chi connectivity index (χ1v) is 15.8. The second kappa shape index (κ2) is 11.3. The third kappa shape index (κ3) is 7.16. The number of rotatable bonds is 8. The van der Waals surface area contributed by atoms with Crippen LogP contribution in [-0.4, -0.2) is 80.7 Å². The lowest BCUT2D eigenvalue weighted by Gasteiger charge is -2.29. The standard InChI is InChI=1S/C28H39ClFN3O4S/c1-20(9-16-38(3,36)37)31-26(35)27(2)10-6-14-33(15-13-27)25(34)23-18-32(19-28(30)11-12-28)17-22(23)21-7-4-5-8-24(21)29/h4-5,7-9,16,20,22-23H,6,10-15,17-19H2,1-3H3,(H,31,35)/b16-9-/t20-,22+,23+,27+/m1/s1. The maximum absolute atomic E-state index is 14.6. The Morgan fingerprint density at radius 2 is 1.89 bits per heavy atom. The molecule has 0 radical (unpaired) electrons. The fourth-order valence-electron chi connectivity index (χ4n) is 5.70. The minimum Gasteiger partial charge on any atom is -0.350 e. The predicted molar refractivity (Wildman–Crippen MR) is 147 cm³/mol. The Bertz CT molecular complexity index is 1190. The summed E-state index contributed by atoms with van der Waals surface area (Å²) in [6, 6.07) is 7.16. The van der Waals surface area contributed by atoms with Gasteiger partial charge in [0.1, 0.15) is 5.67 Å². The molecule has 1 aromatic carbocycles. The number of nitrogens with zero attached hydrogens (tertiary/aromatic N) is 2. The highest BCUT2D eigenvalue weighted by molar-refractivity contribution is 7.93. The molecule has 2 heterocycles. The average Bonchev–Trinajstić information content (AvgIpc) is 3.49. The molecule has 1 aliphatic carbocycles. The number of alkyl halides is 1. The average molecular weight is 568 g/mol. The number of likely N-dealkylation sites (tertiary alicyclic amines) is 2. The van der Waals surface area contributed by atoms with Crippen molar-refractivity contribution in [2.24, 2.45) is 11.3 Å². The van der Waals surface area contributed by atoms with Gasteiger partial charge in [-0.2, -0.15) is 0 Å². The summed E-state index contributed by atoms with van der Waals surface area (Å²) in [7, 11) is -3.27. The molecule has 2 amide bonds. The normalized spacial score (nSPS) is 28.7. The zero-order valence-corrected chi connectivity index (χ0v) is 24.0. The molecule has 38 heavy (non-hydrogen) atoms. The van der Waals surface area contributed by atoms with Gasteiger partial charge >= 0.3 is 0 Å². The SMILES string of the molecule is C[C@H](/C=C\S(C)(=O)=O)NC(=O)[C@@]1(C)CCCN(C(=O)[C@H]2CN(CC3(F)CC3)C[C@H]2c2ccccc2Cl)CC1. The molecule has 0 aromatic heterocycles. The van der Waals surface area contributed by atoms with Crippen LogP contribution in [0.2, 0.25) is 5.02 Å². The molecule has 210 valence electrons. The van der Waals surface area contributed by atoms with E-state index in [-0.39, 0.29) is 23.7 Å². The Balaban J connectivity index is 1.44. The molecule has 0 spiro atoms. The Morgan fingerprint density at radius 1 is 1.18 bits per heavy atom. The summed E-state index contributed by atoms with van der Waals surface area (Å²) in [6.45, 7) is 6.10. The Hall–Kier alpha value is -1.97. The lowest BCUT2D eigenvalue weighted by Crippen LogP contribution is -2.44. The van der Waals surface area contributed by atoms with Crippen molar-refractivity contribution in [1.29, 1.82) is 0 Å². The summed E-state index contributed by atoms with van der Waals surface area (Å²) < 4.78 is 37.4. The zero-order valence-electron chi connectivity index (χ0n) is 22.5. The third-order valence-electron chi connectivity index (χ3n) is 8.24. The third-order valence-corrected chi connectivity index (χ3v) is 9.24. The van der Waals surface area contributed by atoms with E-state index in [0.717, 1.165) is 17.2 Å². The minimum absolute atomic E-state index is 0.0373. The highest BCUT2D eigenvalue weighted by Gasteiger charge is 2.49. The summed E-state index contributed by atoms with van der Waals surface area (Å²) >= 11 is 6.54. The number of hydrogen-bond donors (Lipinski definition) is 1. The summed E-state index contributed by atoms with van der Waals surface area (Å²) in [5.74, 6) is -0.540. The molecule has 3 aliphatic rings. The smallest absolute Gasteiger partial charge is 0.227 e. The molecule has 2 aliphatic heterocycles. The number of carbonyl (C=O) groups excluding carboxylic acids is 2. The molecule has 1 N–H and O–H groups in total. The number of nitrogens with one attached hydrogen (secondary N) is 1. The number of carbonyl (C=O) groups is 2. The van der Waals surface area contributed by atoms with Gasteiger partial charge in [0.2, 0.25) is 11.8 Å². The highest BCUT2D eigenvalue weighted by atomic mass is 35.5. The molecule has 3 fully saturated rings. The van der Waals surface area contributed by atoms with Crippen molar-refractivity contribution >= 4 is 33.3 Å². The second-order valence-electron chi connectivity index (χ2n) is 11.7. The first-order chi connectivity index (χ1) is 17.8. The minimum atomic E-state index is -3.27. The van der Waals surface area contributed by atoms with Crippen molar-refractivity contribution in [3.63, 3.8) is 0 Å². The van der Waals surface area contributed by atoms with Crippen molar-refractivity contribution in [3.8, 4) is 0 Å². The highest BCUT2D eigenvalue weighted by Crippen LogP contribution is 2.44. The van der Waals surface area contributed by atoms with Gasteiger partial charge in [0.25, 0.3) is 0 Å². The van der Waals surface area contributed by atoms with Crippen LogP contribution in [0.3, 0.4) is 0 Å². The van der Waals surface area contributed by atoms with E-state index >= 15 is 0 Å². The van der Waals surface area contributed by atoms with Crippen molar-refractivity contribution in [3.05, 3.63) is 46.3 Å². The van der Waals surface area contributed by atoms with Crippen LogP contribution in [0.1, 0.15) is 57.4 Å². The molecule has 10 heteroatoms. The van der Waals surface area contributed by atoms with Gasteiger partial charge in [0.05, 0.1) is 5.92 Å². The van der Waals surface area contributed by atoms with Crippen molar-refractivity contribution in [1.82, 2.24) is 15.1 Å². The Kier molecular flexibility index (Phi) is 8.60. The van der Waals surface area contributed by atoms with Crippen molar-refractivity contribution in [2.45, 2.75) is 63.6 Å². The van der Waals surface area contributed by atoms with Crippen LogP contribution in [0.4, 0.5) is 4.39 Å². The van der Waals surface area contributed by atoms with E-state index in [2.05, 4.69) is 10.2 Å². The topological polar surface area (TPSA) is 86.8 Å². The van der Waals surface area contributed by atoms with Crippen LogP contribution in [0.15, 0.2) is 35.7 Å². The summed E-state index contributed by atoms with van der Waals surface area (Å²) in [5.41, 5.74) is -0.874. The number of sulfone groups is 1. The van der Waals surface area contributed by atoms with Gasteiger partial charge < -0.3 is 10.2 Å². The van der Waals surface area contributed by atoms with Gasteiger partial charge in [-0.25, -0.2) is 12.8 Å². The molecular formula is C28H39ClFN3O4S. The van der Waals surface area contributed by atoms with Crippen LogP contribution in [-0.2, 0) is 19.4 Å². The second-order valence-corrected chi connectivity index (χ2v) is 14.1. The molecule has 1 aromatic rings. The van der Waals surface area contributed by atoms with E-state index in [1.54, 1.807) is 6.92 Å². The fourth-order valence-corrected chi connectivity index (χ4v) is 6.50. The van der Waals surface area contributed by atoms with Gasteiger partial charge in [0.15, 0.2) is 9.84 Å². The first-order valence-electron chi connectivity index (χ1n) is 13.4. The van der Waals surface area contributed by atoms with E-state index in [1.807, 2.05) is 36.1 Å². The maximum atomic E-state index is 14.6. The van der Waals surface area contributed by atoms with Crippen LogP contribution >= 0.6 is 11.6 Å². The quantitative estimate of drug-likeness (QED) is 0.514. The van der Waals surface area contributed by atoms with E-state index in [0.29, 0.717) is 69.9 Å². The molecule has 1 saturated carbocycles. The molecule has 0 unspecified atom stereocenters. The van der Waals surface area contributed by atoms with Crippen molar-refractivity contribution in [2.75, 3.05) is 39.0 Å². The van der Waals surface area contributed by atoms with Gasteiger partial charge in [-0.05, 0) is 50.7 Å². The summed E-state index contributed by atoms with van der Waals surface area (Å²) in [4.78, 5) is 31.0. The predicted octanol–water partition coefficient (Wildman–Crippen LogP) is 3.94. The molecule has 4 rings (SSSR count). The maximum Gasteiger partial charge on any atom is 0.227 e. The van der Waals surface area contributed by atoms with E-state index < -0.39 is 27.0 Å². The van der Waals surface area contributed by atoms with Gasteiger partial charge in [-0.1, -0.05) is 42.8 Å². The number of amides is 2. The van der Waals surface area contributed by atoms with Gasteiger partial charge in [-0.15, -0.1) is 0 Å². The number of halogens is 2. The zero-order chi connectivity index (χ0) is 27.7. The number of benzene rings is 1. The summed E-state index contributed by atoms with van der Waals surface area (Å²) in [5, 5.41) is 4.63. The molecule has 7 nitrogen and oxygen atoms in total. The largest absolute Gasteiger partial charge is 0.350 e. The van der Waals surface area contributed by atoms with Crippen LogP contribution < -0.4 is 5.32 Å². The van der Waals surface area contributed by atoms with Gasteiger partial charge in [-0.3, -0.25) is 14.5 Å². The lowest BCUT2D eigenvalue weighted by molar-refractivity contribution is -0.136. The van der Waals surface area contributed by atoms with Crippen molar-refractivity contribution < 1.29 is 22.4 Å². The van der Waals surface area contributed by atoms with Gasteiger partial charge in [0, 0.05) is 66.8 Å². The molecular weight excluding hydrogens is 529 g/mol.